The van der Waals surface area contributed by atoms with Gasteiger partial charge in [-0.1, -0.05) is 0 Å². The molecule has 0 spiro atoms. The van der Waals surface area contributed by atoms with Crippen LogP contribution in [0.3, 0.4) is 0 Å². The molecule has 108 valence electrons. The summed E-state index contributed by atoms with van der Waals surface area (Å²) in [7, 11) is -0.310. The van der Waals surface area contributed by atoms with Crippen molar-refractivity contribution in [3.63, 3.8) is 0 Å². The first-order chi connectivity index (χ1) is 8.80. The maximum Gasteiger partial charge on any atom is 0.242 e. The predicted octanol–water partition coefficient (Wildman–Crippen LogP) is 1.11. The van der Waals surface area contributed by atoms with Gasteiger partial charge in [0.25, 0.3) is 0 Å². The molecule has 0 amide bonds. The van der Waals surface area contributed by atoms with Crippen molar-refractivity contribution in [2.24, 2.45) is 5.73 Å². The molecule has 1 rings (SSSR count). The molecule has 0 aliphatic rings. The summed E-state index contributed by atoms with van der Waals surface area (Å²) in [5, 5.41) is 0. The predicted molar refractivity (Wildman–Crippen MR) is 78.9 cm³/mol. The topological polar surface area (TPSA) is 66.6 Å². The highest BCUT2D eigenvalue weighted by atomic mass is 32.2. The van der Waals surface area contributed by atoms with Crippen molar-refractivity contribution >= 4 is 15.7 Å². The SMILES string of the molecule is CC(C)N(CCN)c1ccc(S(=O)(=O)N(C)C)cc1. The van der Waals surface area contributed by atoms with E-state index in [0.717, 1.165) is 12.2 Å². The summed E-state index contributed by atoms with van der Waals surface area (Å²) in [6, 6.07) is 7.24. The van der Waals surface area contributed by atoms with E-state index in [-0.39, 0.29) is 0 Å². The van der Waals surface area contributed by atoms with Gasteiger partial charge in [0, 0.05) is 38.9 Å². The number of sulfonamides is 1. The van der Waals surface area contributed by atoms with Gasteiger partial charge in [-0.3, -0.25) is 0 Å². The Morgan fingerprint density at radius 1 is 1.16 bits per heavy atom. The second-order valence-electron chi connectivity index (χ2n) is 4.86. The lowest BCUT2D eigenvalue weighted by Gasteiger charge is -2.28. The van der Waals surface area contributed by atoms with Gasteiger partial charge in [0.1, 0.15) is 0 Å². The molecule has 0 heterocycles. The zero-order chi connectivity index (χ0) is 14.6. The van der Waals surface area contributed by atoms with E-state index < -0.39 is 10.0 Å². The normalized spacial score (nSPS) is 12.2. The molecular weight excluding hydrogens is 262 g/mol. The average molecular weight is 285 g/mol. The van der Waals surface area contributed by atoms with E-state index in [2.05, 4.69) is 18.7 Å². The molecule has 0 saturated heterocycles. The fourth-order valence-corrected chi connectivity index (χ4v) is 2.75. The van der Waals surface area contributed by atoms with Gasteiger partial charge >= 0.3 is 0 Å². The second kappa shape index (κ2) is 6.36. The third kappa shape index (κ3) is 3.68. The third-order valence-corrected chi connectivity index (χ3v) is 4.77. The van der Waals surface area contributed by atoms with E-state index >= 15 is 0 Å². The van der Waals surface area contributed by atoms with Crippen molar-refractivity contribution < 1.29 is 8.42 Å². The molecule has 19 heavy (non-hydrogen) atoms. The Labute approximate surface area is 116 Å². The smallest absolute Gasteiger partial charge is 0.242 e. The molecule has 2 N–H and O–H groups in total. The standard InChI is InChI=1S/C13H23N3O2S/c1-11(2)16(10-9-14)12-5-7-13(8-6-12)19(17,18)15(3)4/h5-8,11H,9-10,14H2,1-4H3. The monoisotopic (exact) mass is 285 g/mol. The molecular formula is C13H23N3O2S. The van der Waals surface area contributed by atoms with Crippen molar-refractivity contribution in [2.75, 3.05) is 32.1 Å². The fourth-order valence-electron chi connectivity index (χ4n) is 1.84. The highest BCUT2D eigenvalue weighted by Crippen LogP contribution is 2.21. The Balaban J connectivity index is 3.05. The maximum absolute atomic E-state index is 12.0. The summed E-state index contributed by atoms with van der Waals surface area (Å²) < 4.78 is 25.1. The van der Waals surface area contributed by atoms with Crippen molar-refractivity contribution in [2.45, 2.75) is 24.8 Å². The van der Waals surface area contributed by atoms with Crippen molar-refractivity contribution in [1.29, 1.82) is 0 Å². The summed E-state index contributed by atoms with van der Waals surface area (Å²) in [6.45, 7) is 5.48. The Morgan fingerprint density at radius 3 is 2.05 bits per heavy atom. The summed E-state index contributed by atoms with van der Waals surface area (Å²) in [5.41, 5.74) is 6.58. The van der Waals surface area contributed by atoms with Crippen LogP contribution < -0.4 is 10.6 Å². The van der Waals surface area contributed by atoms with Gasteiger partial charge in [-0.05, 0) is 38.1 Å². The Bertz CT molecular complexity index is 495. The van der Waals surface area contributed by atoms with Crippen LogP contribution in [0.15, 0.2) is 29.2 Å². The van der Waals surface area contributed by atoms with Gasteiger partial charge in [-0.2, -0.15) is 0 Å². The van der Waals surface area contributed by atoms with Crippen LogP contribution in [0.4, 0.5) is 5.69 Å². The molecule has 0 bridgehead atoms. The average Bonchev–Trinajstić information content (AvgIpc) is 2.35. The minimum absolute atomic E-state index is 0.303. The molecule has 0 saturated carbocycles. The van der Waals surface area contributed by atoms with Gasteiger partial charge in [0.05, 0.1) is 4.90 Å². The van der Waals surface area contributed by atoms with E-state index in [1.807, 2.05) is 12.1 Å². The first-order valence-corrected chi connectivity index (χ1v) is 7.74. The molecule has 5 nitrogen and oxygen atoms in total. The minimum atomic E-state index is -3.36. The number of nitrogens with two attached hydrogens (primary N) is 1. The largest absolute Gasteiger partial charge is 0.368 e. The lowest BCUT2D eigenvalue weighted by molar-refractivity contribution is 0.520. The summed E-state index contributed by atoms with van der Waals surface area (Å²) in [4.78, 5) is 2.45. The first-order valence-electron chi connectivity index (χ1n) is 6.30. The minimum Gasteiger partial charge on any atom is -0.368 e. The molecule has 1 aromatic carbocycles. The van der Waals surface area contributed by atoms with Gasteiger partial charge < -0.3 is 10.6 Å². The number of hydrogen-bond acceptors (Lipinski definition) is 4. The lowest BCUT2D eigenvalue weighted by atomic mass is 10.2. The fraction of sp³-hybridized carbons (Fsp3) is 0.538. The molecule has 0 fully saturated rings. The highest BCUT2D eigenvalue weighted by molar-refractivity contribution is 7.89. The Morgan fingerprint density at radius 2 is 1.68 bits per heavy atom. The third-order valence-electron chi connectivity index (χ3n) is 2.94. The number of hydrogen-bond donors (Lipinski definition) is 1. The zero-order valence-corrected chi connectivity index (χ0v) is 12.8. The van der Waals surface area contributed by atoms with Crippen LogP contribution in [0.25, 0.3) is 0 Å². The zero-order valence-electron chi connectivity index (χ0n) is 12.0. The van der Waals surface area contributed by atoms with Crippen LogP contribution in [0.2, 0.25) is 0 Å². The van der Waals surface area contributed by atoms with Crippen LogP contribution in [0.1, 0.15) is 13.8 Å². The molecule has 0 unspecified atom stereocenters. The Hall–Kier alpha value is -1.11. The maximum atomic E-state index is 12.0. The lowest BCUT2D eigenvalue weighted by Crippen LogP contribution is -2.35. The molecule has 0 aliphatic heterocycles. The number of rotatable bonds is 6. The summed E-state index contributed by atoms with van der Waals surface area (Å²) in [5.74, 6) is 0. The van der Waals surface area contributed by atoms with E-state index in [1.54, 1.807) is 12.1 Å². The molecule has 0 atom stereocenters. The molecule has 0 aliphatic carbocycles. The van der Waals surface area contributed by atoms with Crippen molar-refractivity contribution in [1.82, 2.24) is 4.31 Å². The van der Waals surface area contributed by atoms with Gasteiger partial charge in [0.2, 0.25) is 10.0 Å². The summed E-state index contributed by atoms with van der Waals surface area (Å²) >= 11 is 0. The van der Waals surface area contributed by atoms with Crippen molar-refractivity contribution in [3.05, 3.63) is 24.3 Å². The molecule has 0 aromatic heterocycles. The molecule has 6 heteroatoms. The quantitative estimate of drug-likeness (QED) is 0.850. The number of nitrogens with zero attached hydrogens (tertiary/aromatic N) is 2. The van der Waals surface area contributed by atoms with Gasteiger partial charge in [-0.25, -0.2) is 12.7 Å². The number of benzene rings is 1. The van der Waals surface area contributed by atoms with Gasteiger partial charge in [-0.15, -0.1) is 0 Å². The highest BCUT2D eigenvalue weighted by Gasteiger charge is 2.17. The number of anilines is 1. The van der Waals surface area contributed by atoms with Crippen LogP contribution in [0.5, 0.6) is 0 Å². The van der Waals surface area contributed by atoms with E-state index in [9.17, 15) is 8.42 Å². The van der Waals surface area contributed by atoms with Gasteiger partial charge in [0.15, 0.2) is 0 Å². The Kier molecular flexibility index (Phi) is 5.34. The molecule has 0 radical (unpaired) electrons. The van der Waals surface area contributed by atoms with Crippen LogP contribution in [-0.4, -0.2) is 45.9 Å². The molecule has 1 aromatic rings. The van der Waals surface area contributed by atoms with Crippen LogP contribution in [-0.2, 0) is 10.0 Å². The first kappa shape index (κ1) is 15.9. The van der Waals surface area contributed by atoms with E-state index in [0.29, 0.717) is 17.5 Å². The van der Waals surface area contributed by atoms with E-state index in [4.69, 9.17) is 5.73 Å². The van der Waals surface area contributed by atoms with Crippen LogP contribution in [0, 0.1) is 0 Å². The van der Waals surface area contributed by atoms with Crippen molar-refractivity contribution in [3.8, 4) is 0 Å². The second-order valence-corrected chi connectivity index (χ2v) is 7.01. The van der Waals surface area contributed by atoms with E-state index in [1.165, 1.54) is 18.4 Å². The van der Waals surface area contributed by atoms with Crippen LogP contribution >= 0.6 is 0 Å². The summed E-state index contributed by atoms with van der Waals surface area (Å²) in [6.07, 6.45) is 0.